The normalized spacial score (nSPS) is 14.5. The first-order valence-electron chi connectivity index (χ1n) is 23.2. The van der Waals surface area contributed by atoms with Gasteiger partial charge in [-0.25, -0.2) is 0 Å². The van der Waals surface area contributed by atoms with Crippen molar-refractivity contribution in [1.29, 1.82) is 0 Å². The Balaban J connectivity index is 1.09. The number of anilines is 6. The fourth-order valence-corrected chi connectivity index (χ4v) is 11.5. The maximum atomic E-state index is 14.1. The lowest BCUT2D eigenvalue weighted by Crippen LogP contribution is -2.31. The van der Waals surface area contributed by atoms with Crippen molar-refractivity contribution in [2.45, 2.75) is 38.5 Å². The number of fused-ring (bicyclic) bond motifs is 9. The van der Waals surface area contributed by atoms with Gasteiger partial charge in [-0.05, 0) is 105 Å². The van der Waals surface area contributed by atoms with Gasteiger partial charge in [0, 0.05) is 66.6 Å². The third-order valence-corrected chi connectivity index (χ3v) is 14.8. The van der Waals surface area contributed by atoms with Crippen LogP contribution in [0.4, 0.5) is 34.1 Å². The zero-order valence-electron chi connectivity index (χ0n) is 37.8. The predicted octanol–water partition coefficient (Wildman–Crippen LogP) is 17.0. The summed E-state index contributed by atoms with van der Waals surface area (Å²) in [6.45, 7) is 9.23. The van der Waals surface area contributed by atoms with E-state index in [1.54, 1.807) is 0 Å². The largest absolute Gasteiger partial charge is 0.456 e. The lowest BCUT2D eigenvalue weighted by Gasteiger charge is -2.43. The molecule has 0 N–H and O–H groups in total. The monoisotopic (exact) mass is 862 g/mol. The average Bonchev–Trinajstić information content (AvgIpc) is 3.73. The molecule has 0 bridgehead atoms. The molecule has 0 saturated carbocycles. The van der Waals surface area contributed by atoms with E-state index in [4.69, 9.17) is 4.42 Å². The van der Waals surface area contributed by atoms with Crippen LogP contribution < -0.4 is 9.80 Å². The van der Waals surface area contributed by atoms with E-state index >= 15 is 0 Å². The van der Waals surface area contributed by atoms with Crippen LogP contribution in [0.1, 0.15) is 65.9 Å². The molecule has 0 radical (unpaired) electrons. The molecule has 11 aromatic rings. The van der Waals surface area contributed by atoms with Gasteiger partial charge in [0.15, 0.2) is 5.78 Å². The summed E-state index contributed by atoms with van der Waals surface area (Å²) >= 11 is 0. The number of carbonyl (C=O) groups excluding carboxylic acids is 1. The first-order valence-corrected chi connectivity index (χ1v) is 23.2. The molecular weight excluding hydrogens is 817 g/mol. The first-order chi connectivity index (χ1) is 32.7. The second-order valence-corrected chi connectivity index (χ2v) is 19.2. The van der Waals surface area contributed by atoms with Crippen molar-refractivity contribution in [2.75, 3.05) is 9.80 Å². The van der Waals surface area contributed by atoms with Gasteiger partial charge in [-0.3, -0.25) is 4.79 Å². The van der Waals surface area contributed by atoms with Gasteiger partial charge in [0.25, 0.3) is 0 Å². The number of hydrogen-bond donors (Lipinski definition) is 0. The van der Waals surface area contributed by atoms with Crippen LogP contribution in [0.3, 0.4) is 0 Å². The topological polar surface area (TPSA) is 36.7 Å². The van der Waals surface area contributed by atoms with Crippen molar-refractivity contribution in [3.63, 3.8) is 0 Å². The van der Waals surface area contributed by atoms with Gasteiger partial charge in [0.1, 0.15) is 11.2 Å². The smallest absolute Gasteiger partial charge is 0.193 e. The Kier molecular flexibility index (Phi) is 8.42. The molecule has 0 fully saturated rings. The van der Waals surface area contributed by atoms with Crippen molar-refractivity contribution in [2.24, 2.45) is 0 Å². The van der Waals surface area contributed by atoms with Crippen LogP contribution in [0, 0.1) is 0 Å². The van der Waals surface area contributed by atoms with Crippen LogP contribution in [0.15, 0.2) is 211 Å². The number of benzene rings is 10. The molecule has 0 saturated heterocycles. The van der Waals surface area contributed by atoms with Gasteiger partial charge in [-0.1, -0.05) is 167 Å². The van der Waals surface area contributed by atoms with Gasteiger partial charge in [-0.15, -0.1) is 0 Å². The molecule has 67 heavy (non-hydrogen) atoms. The summed E-state index contributed by atoms with van der Waals surface area (Å²) in [6.07, 6.45) is 0. The van der Waals surface area contributed by atoms with Gasteiger partial charge in [0.2, 0.25) is 0 Å². The van der Waals surface area contributed by atoms with E-state index in [0.29, 0.717) is 0 Å². The highest BCUT2D eigenvalue weighted by atomic mass is 16.3. The third kappa shape index (κ3) is 5.69. The molecule has 10 aromatic carbocycles. The molecule has 320 valence electrons. The zero-order chi connectivity index (χ0) is 45.2. The van der Waals surface area contributed by atoms with E-state index in [1.165, 1.54) is 11.1 Å². The van der Waals surface area contributed by atoms with Crippen molar-refractivity contribution in [1.82, 2.24) is 0 Å². The molecule has 4 heteroatoms. The van der Waals surface area contributed by atoms with E-state index < -0.39 is 5.41 Å². The summed E-state index contributed by atoms with van der Waals surface area (Å²) in [5, 5.41) is 6.78. The van der Waals surface area contributed by atoms with Crippen LogP contribution in [0.2, 0.25) is 0 Å². The third-order valence-electron chi connectivity index (χ3n) is 14.8. The number of ketones is 1. The second kappa shape index (κ2) is 14.4. The van der Waals surface area contributed by atoms with Gasteiger partial charge in [0.05, 0.1) is 17.1 Å². The summed E-state index contributed by atoms with van der Waals surface area (Å²) < 4.78 is 6.69. The Morgan fingerprint density at radius 3 is 1.64 bits per heavy atom. The Hall–Kier alpha value is -8.21. The first kappa shape index (κ1) is 39.2. The number of nitrogens with zero attached hydrogens (tertiary/aromatic N) is 2. The highest BCUT2D eigenvalue weighted by molar-refractivity contribution is 6.23. The number of para-hydroxylation sites is 3. The van der Waals surface area contributed by atoms with Crippen molar-refractivity contribution in [3.8, 4) is 11.1 Å². The Labute approximate surface area is 390 Å². The Morgan fingerprint density at radius 2 is 0.955 bits per heavy atom. The van der Waals surface area contributed by atoms with Gasteiger partial charge >= 0.3 is 0 Å². The molecule has 1 aliphatic carbocycles. The maximum absolute atomic E-state index is 14.1. The molecule has 1 aromatic heterocycles. The average molecular weight is 863 g/mol. The standard InChI is InChI=1S/C63H46N2O2/c1-62(2)51-29-17-15-28-48(51)61(66)49-33-31-39(35-52(49)62)59-44-24-11-13-26-46(44)60(47-27-14-12-25-45(47)59)65-55-34-32-42(64(40-19-7-5-8-20-40)41-21-9-6-10-22-41)36-53(55)63(3,4)54-37-50-43-23-16-18-30-57(43)67-58(50)38-56(54)65/h5-38H,1-4H3. The van der Waals surface area contributed by atoms with E-state index in [2.05, 4.69) is 219 Å². The number of carbonyl (C=O) groups is 1. The minimum absolute atomic E-state index is 0.0873. The summed E-state index contributed by atoms with van der Waals surface area (Å²) in [5.41, 5.74) is 15.9. The fraction of sp³-hybridized carbons (Fsp3) is 0.0952. The van der Waals surface area contributed by atoms with Crippen molar-refractivity contribution < 1.29 is 9.21 Å². The van der Waals surface area contributed by atoms with Crippen LogP contribution >= 0.6 is 0 Å². The molecule has 2 aliphatic rings. The van der Waals surface area contributed by atoms with Crippen LogP contribution in [0.5, 0.6) is 0 Å². The van der Waals surface area contributed by atoms with E-state index in [1.807, 2.05) is 24.3 Å². The molecule has 4 nitrogen and oxygen atoms in total. The molecule has 13 rings (SSSR count). The summed E-state index contributed by atoms with van der Waals surface area (Å²) in [5.74, 6) is 0.0873. The fourth-order valence-electron chi connectivity index (χ4n) is 11.5. The molecule has 0 atom stereocenters. The second-order valence-electron chi connectivity index (χ2n) is 19.2. The minimum atomic E-state index is -0.416. The quantitative estimate of drug-likeness (QED) is 0.162. The van der Waals surface area contributed by atoms with Gasteiger partial charge in [-0.2, -0.15) is 0 Å². The minimum Gasteiger partial charge on any atom is -0.456 e. The molecule has 0 unspecified atom stereocenters. The SMILES string of the molecule is CC1(C)c2ccccc2C(=O)c2ccc(-c3c4ccccc4c(N4c5ccc(N(c6ccccc6)c6ccccc6)cc5C(C)(C)c5cc6c(cc54)oc4ccccc46)c4ccccc34)cc21. The highest BCUT2D eigenvalue weighted by Crippen LogP contribution is 2.58. The number of furan rings is 1. The highest BCUT2D eigenvalue weighted by Gasteiger charge is 2.41. The van der Waals surface area contributed by atoms with E-state index in [0.717, 1.165) is 111 Å². The van der Waals surface area contributed by atoms with Crippen LogP contribution in [0.25, 0.3) is 54.6 Å². The Bertz CT molecular complexity index is 3750. The number of hydrogen-bond acceptors (Lipinski definition) is 4. The lowest BCUT2D eigenvalue weighted by molar-refractivity contribution is 0.103. The summed E-state index contributed by atoms with van der Waals surface area (Å²) in [4.78, 5) is 18.9. The molecule has 0 amide bonds. The molecular formula is C63H46N2O2. The number of rotatable bonds is 5. The van der Waals surface area contributed by atoms with Crippen LogP contribution in [-0.4, -0.2) is 5.78 Å². The Morgan fingerprint density at radius 1 is 0.403 bits per heavy atom. The maximum Gasteiger partial charge on any atom is 0.193 e. The van der Waals surface area contributed by atoms with Gasteiger partial charge < -0.3 is 14.2 Å². The summed E-state index contributed by atoms with van der Waals surface area (Å²) in [7, 11) is 0. The zero-order valence-corrected chi connectivity index (χ0v) is 37.8. The molecule has 1 aliphatic heterocycles. The summed E-state index contributed by atoms with van der Waals surface area (Å²) in [6, 6.07) is 73.7. The van der Waals surface area contributed by atoms with E-state index in [-0.39, 0.29) is 11.2 Å². The molecule has 2 heterocycles. The van der Waals surface area contributed by atoms with Crippen LogP contribution in [-0.2, 0) is 10.8 Å². The lowest BCUT2D eigenvalue weighted by atomic mass is 9.68. The van der Waals surface area contributed by atoms with E-state index in [9.17, 15) is 4.79 Å². The predicted molar refractivity (Wildman–Crippen MR) is 278 cm³/mol. The van der Waals surface area contributed by atoms with Crippen molar-refractivity contribution in [3.05, 3.63) is 240 Å². The van der Waals surface area contributed by atoms with Crippen molar-refractivity contribution >= 4 is 83.4 Å². The molecule has 0 spiro atoms.